The molecular weight excluding hydrogens is 458 g/mol. The molecule has 1 aliphatic heterocycles. The van der Waals surface area contributed by atoms with Gasteiger partial charge in [0.05, 0.1) is 16.9 Å². The summed E-state index contributed by atoms with van der Waals surface area (Å²) >= 11 is 0. The molecule has 1 unspecified atom stereocenters. The largest absolute Gasteiger partial charge is 0.497 e. The van der Waals surface area contributed by atoms with Crippen molar-refractivity contribution in [2.45, 2.75) is 30.2 Å². The standard InChI is InChI=1S/C23H27N5O5S/c1-26-14-11-24-23(26)22(17-7-6-8-18(15-17)33-2)25-20-10-9-19(16-21(20)28(29)30)34(31,32)27-12-4-3-5-13-27/h6-11,14-16,22,25H,3-5,12-13H2,1-2H3. The van der Waals surface area contributed by atoms with Crippen LogP contribution in [0.25, 0.3) is 0 Å². The van der Waals surface area contributed by atoms with Gasteiger partial charge < -0.3 is 14.6 Å². The molecule has 4 rings (SSSR count). The number of benzene rings is 2. The Morgan fingerprint density at radius 3 is 2.56 bits per heavy atom. The van der Waals surface area contributed by atoms with Crippen molar-refractivity contribution in [2.75, 3.05) is 25.5 Å². The predicted octanol–water partition coefficient (Wildman–Crippen LogP) is 3.71. The normalized spacial score (nSPS) is 15.6. The summed E-state index contributed by atoms with van der Waals surface area (Å²) in [5.74, 6) is 1.27. The molecule has 1 aromatic heterocycles. The summed E-state index contributed by atoms with van der Waals surface area (Å²) < 4.78 is 34.7. The first-order valence-corrected chi connectivity index (χ1v) is 12.4. The van der Waals surface area contributed by atoms with Crippen LogP contribution in [0.4, 0.5) is 11.4 Å². The Balaban J connectivity index is 1.74. The molecule has 1 fully saturated rings. The summed E-state index contributed by atoms with van der Waals surface area (Å²) in [7, 11) is -0.409. The lowest BCUT2D eigenvalue weighted by Crippen LogP contribution is -2.35. The highest BCUT2D eigenvalue weighted by Crippen LogP contribution is 2.34. The van der Waals surface area contributed by atoms with Gasteiger partial charge in [0.25, 0.3) is 5.69 Å². The molecular formula is C23H27N5O5S. The lowest BCUT2D eigenvalue weighted by molar-refractivity contribution is -0.384. The zero-order valence-electron chi connectivity index (χ0n) is 19.0. The molecule has 1 saturated heterocycles. The Kier molecular flexibility index (Phi) is 6.85. The highest BCUT2D eigenvalue weighted by Gasteiger charge is 2.30. The number of anilines is 1. The van der Waals surface area contributed by atoms with Gasteiger partial charge in [0.2, 0.25) is 10.0 Å². The smallest absolute Gasteiger partial charge is 0.293 e. The fourth-order valence-electron chi connectivity index (χ4n) is 4.13. The Bertz CT molecular complexity index is 1280. The number of nitrogens with one attached hydrogen (secondary N) is 1. The molecule has 0 radical (unpaired) electrons. The van der Waals surface area contributed by atoms with Crippen molar-refractivity contribution in [1.82, 2.24) is 13.9 Å². The topological polar surface area (TPSA) is 120 Å². The number of imidazole rings is 1. The quantitative estimate of drug-likeness (QED) is 0.381. The number of aryl methyl sites for hydroxylation is 1. The van der Waals surface area contributed by atoms with Gasteiger partial charge in [0, 0.05) is 38.6 Å². The molecule has 0 saturated carbocycles. The molecule has 0 aliphatic carbocycles. The Labute approximate surface area is 198 Å². The summed E-state index contributed by atoms with van der Waals surface area (Å²) in [6, 6.07) is 10.8. The second kappa shape index (κ2) is 9.82. The van der Waals surface area contributed by atoms with E-state index in [1.807, 2.05) is 35.9 Å². The van der Waals surface area contributed by atoms with Gasteiger partial charge >= 0.3 is 0 Å². The van der Waals surface area contributed by atoms with Crippen molar-refractivity contribution in [3.05, 3.63) is 76.4 Å². The average Bonchev–Trinajstić information content (AvgIpc) is 3.28. The van der Waals surface area contributed by atoms with E-state index in [1.54, 1.807) is 19.5 Å². The molecule has 3 aromatic rings. The van der Waals surface area contributed by atoms with Gasteiger partial charge in [-0.2, -0.15) is 4.31 Å². The number of nitrogens with zero attached hydrogens (tertiary/aromatic N) is 4. The van der Waals surface area contributed by atoms with E-state index in [2.05, 4.69) is 10.3 Å². The van der Waals surface area contributed by atoms with E-state index in [4.69, 9.17) is 4.74 Å². The summed E-state index contributed by atoms with van der Waals surface area (Å²) in [5.41, 5.74) is 0.659. The number of ether oxygens (including phenoxy) is 1. The number of hydrogen-bond donors (Lipinski definition) is 1. The number of aromatic nitrogens is 2. The molecule has 2 aromatic carbocycles. The van der Waals surface area contributed by atoms with Gasteiger partial charge in [0.1, 0.15) is 23.3 Å². The molecule has 2 heterocycles. The zero-order chi connectivity index (χ0) is 24.3. The molecule has 0 amide bonds. The molecule has 34 heavy (non-hydrogen) atoms. The molecule has 1 atom stereocenters. The first-order valence-electron chi connectivity index (χ1n) is 11.0. The second-order valence-corrected chi connectivity index (χ2v) is 10.1. The van der Waals surface area contributed by atoms with Gasteiger partial charge in [-0.1, -0.05) is 18.6 Å². The van der Waals surface area contributed by atoms with Crippen LogP contribution >= 0.6 is 0 Å². The van der Waals surface area contributed by atoms with E-state index in [0.717, 1.165) is 30.9 Å². The van der Waals surface area contributed by atoms with E-state index < -0.39 is 21.0 Å². The van der Waals surface area contributed by atoms with Crippen LogP contribution in [-0.4, -0.2) is 47.4 Å². The van der Waals surface area contributed by atoms with Crippen LogP contribution in [0.5, 0.6) is 5.75 Å². The number of nitro benzene ring substituents is 1. The fraction of sp³-hybridized carbons (Fsp3) is 0.348. The van der Waals surface area contributed by atoms with Crippen molar-refractivity contribution >= 4 is 21.4 Å². The Morgan fingerprint density at radius 2 is 1.91 bits per heavy atom. The van der Waals surface area contributed by atoms with Crippen LogP contribution in [-0.2, 0) is 17.1 Å². The molecule has 1 N–H and O–H groups in total. The van der Waals surface area contributed by atoms with E-state index in [0.29, 0.717) is 24.7 Å². The van der Waals surface area contributed by atoms with Crippen molar-refractivity contribution in [2.24, 2.45) is 7.05 Å². The van der Waals surface area contributed by atoms with E-state index >= 15 is 0 Å². The maximum atomic E-state index is 13.1. The minimum atomic E-state index is -3.81. The number of sulfonamides is 1. The molecule has 1 aliphatic rings. The predicted molar refractivity (Wildman–Crippen MR) is 127 cm³/mol. The highest BCUT2D eigenvalue weighted by atomic mass is 32.2. The SMILES string of the molecule is COc1cccc(C(Nc2ccc(S(=O)(=O)N3CCCCC3)cc2[N+](=O)[O-])c2nccn2C)c1. The van der Waals surface area contributed by atoms with Crippen molar-refractivity contribution in [3.63, 3.8) is 0 Å². The first-order chi connectivity index (χ1) is 16.3. The number of rotatable bonds is 8. The maximum absolute atomic E-state index is 13.1. The molecule has 0 bridgehead atoms. The van der Waals surface area contributed by atoms with Crippen LogP contribution in [0.2, 0.25) is 0 Å². The number of piperidine rings is 1. The Hall–Kier alpha value is -3.44. The van der Waals surface area contributed by atoms with Gasteiger partial charge in [-0.05, 0) is 42.7 Å². The maximum Gasteiger partial charge on any atom is 0.293 e. The lowest BCUT2D eigenvalue weighted by Gasteiger charge is -2.26. The van der Waals surface area contributed by atoms with Crippen molar-refractivity contribution < 1.29 is 18.1 Å². The fourth-order valence-corrected chi connectivity index (χ4v) is 5.67. The van der Waals surface area contributed by atoms with Gasteiger partial charge in [-0.25, -0.2) is 13.4 Å². The summed E-state index contributed by atoms with van der Waals surface area (Å²) in [5, 5.41) is 15.2. The second-order valence-electron chi connectivity index (χ2n) is 8.15. The van der Waals surface area contributed by atoms with E-state index in [1.165, 1.54) is 16.4 Å². The summed E-state index contributed by atoms with van der Waals surface area (Å²) in [4.78, 5) is 15.7. The van der Waals surface area contributed by atoms with E-state index in [9.17, 15) is 18.5 Å². The molecule has 180 valence electrons. The minimum absolute atomic E-state index is 0.0819. The van der Waals surface area contributed by atoms with Crippen LogP contribution in [0.3, 0.4) is 0 Å². The first kappa shape index (κ1) is 23.7. The monoisotopic (exact) mass is 485 g/mol. The van der Waals surface area contributed by atoms with Gasteiger partial charge in [-0.15, -0.1) is 0 Å². The van der Waals surface area contributed by atoms with Gasteiger partial charge in [0.15, 0.2) is 0 Å². The summed E-state index contributed by atoms with van der Waals surface area (Å²) in [6.45, 7) is 0.848. The number of nitro groups is 1. The van der Waals surface area contributed by atoms with Crippen LogP contribution in [0.15, 0.2) is 59.8 Å². The Morgan fingerprint density at radius 1 is 1.15 bits per heavy atom. The van der Waals surface area contributed by atoms with Gasteiger partial charge in [-0.3, -0.25) is 10.1 Å². The molecule has 10 nitrogen and oxygen atoms in total. The molecule has 11 heteroatoms. The van der Waals surface area contributed by atoms with Crippen molar-refractivity contribution in [3.8, 4) is 5.75 Å². The highest BCUT2D eigenvalue weighted by molar-refractivity contribution is 7.89. The number of methoxy groups -OCH3 is 1. The third-order valence-corrected chi connectivity index (χ3v) is 7.86. The lowest BCUT2D eigenvalue weighted by atomic mass is 10.0. The van der Waals surface area contributed by atoms with Crippen molar-refractivity contribution in [1.29, 1.82) is 0 Å². The number of hydrogen-bond acceptors (Lipinski definition) is 7. The molecule has 0 spiro atoms. The van der Waals surface area contributed by atoms with Crippen LogP contribution in [0.1, 0.15) is 36.7 Å². The van der Waals surface area contributed by atoms with Crippen LogP contribution < -0.4 is 10.1 Å². The summed E-state index contributed by atoms with van der Waals surface area (Å²) in [6.07, 6.45) is 5.98. The third kappa shape index (κ3) is 4.75. The minimum Gasteiger partial charge on any atom is -0.497 e. The third-order valence-electron chi connectivity index (χ3n) is 5.96. The zero-order valence-corrected chi connectivity index (χ0v) is 19.9. The average molecular weight is 486 g/mol. The van der Waals surface area contributed by atoms with E-state index in [-0.39, 0.29) is 16.3 Å². The van der Waals surface area contributed by atoms with Crippen LogP contribution in [0, 0.1) is 10.1 Å².